The molecule has 0 fully saturated rings. The topological polar surface area (TPSA) is 82.2 Å². The Labute approximate surface area is 126 Å². The third-order valence-electron chi connectivity index (χ3n) is 3.31. The molecule has 21 heavy (non-hydrogen) atoms. The molecule has 0 spiro atoms. The fourth-order valence-corrected chi connectivity index (χ4v) is 2.09. The molecule has 0 bridgehead atoms. The van der Waals surface area contributed by atoms with Gasteiger partial charge in [0, 0.05) is 13.0 Å². The van der Waals surface area contributed by atoms with E-state index in [9.17, 15) is 4.79 Å². The number of para-hydroxylation sites is 2. The molecule has 114 valence electrons. The summed E-state index contributed by atoms with van der Waals surface area (Å²) in [6.45, 7) is 6.43. The van der Waals surface area contributed by atoms with E-state index in [0.29, 0.717) is 17.8 Å². The highest BCUT2D eigenvalue weighted by molar-refractivity contribution is 5.93. The molecule has 0 saturated carbocycles. The van der Waals surface area contributed by atoms with E-state index < -0.39 is 0 Å². The molecule has 1 aromatic rings. The maximum atomic E-state index is 11.9. The highest BCUT2D eigenvalue weighted by Crippen LogP contribution is 2.17. The molecule has 3 N–H and O–H groups in total. The first-order valence-electron chi connectivity index (χ1n) is 7.33. The van der Waals surface area contributed by atoms with Crippen molar-refractivity contribution < 1.29 is 4.79 Å². The highest BCUT2D eigenvalue weighted by Gasteiger charge is 2.09. The Morgan fingerprint density at radius 3 is 2.81 bits per heavy atom. The average molecular weight is 288 g/mol. The molecule has 5 heteroatoms. The fourth-order valence-electron chi connectivity index (χ4n) is 2.09. The van der Waals surface area contributed by atoms with Crippen LogP contribution in [0.2, 0.25) is 0 Å². The summed E-state index contributed by atoms with van der Waals surface area (Å²) in [6, 6.07) is 9.46. The second-order valence-corrected chi connectivity index (χ2v) is 5.16. The second-order valence-electron chi connectivity index (χ2n) is 5.16. The van der Waals surface area contributed by atoms with E-state index in [0.717, 1.165) is 26.1 Å². The highest BCUT2D eigenvalue weighted by atomic mass is 16.1. The van der Waals surface area contributed by atoms with E-state index in [1.165, 1.54) is 0 Å². The van der Waals surface area contributed by atoms with Crippen LogP contribution in [0.15, 0.2) is 24.3 Å². The molecule has 0 heterocycles. The van der Waals surface area contributed by atoms with Gasteiger partial charge in [-0.1, -0.05) is 19.1 Å². The molecular weight excluding hydrogens is 264 g/mol. The average Bonchev–Trinajstić information content (AvgIpc) is 2.48. The number of hydrogen-bond donors (Lipinski definition) is 2. The van der Waals surface area contributed by atoms with Gasteiger partial charge in [-0.25, -0.2) is 0 Å². The minimum atomic E-state index is -0.0303. The van der Waals surface area contributed by atoms with E-state index in [1.54, 1.807) is 12.1 Å². The first-order chi connectivity index (χ1) is 10.1. The van der Waals surface area contributed by atoms with E-state index in [4.69, 9.17) is 11.0 Å². The Kier molecular flexibility index (Phi) is 7.27. The Balaban J connectivity index is 2.33. The minimum Gasteiger partial charge on any atom is -0.397 e. The van der Waals surface area contributed by atoms with Gasteiger partial charge in [0.15, 0.2) is 0 Å². The number of rotatable bonds is 8. The number of anilines is 2. The number of benzene rings is 1. The van der Waals surface area contributed by atoms with Crippen LogP contribution in [0.5, 0.6) is 0 Å². The Hall–Kier alpha value is -2.06. The normalized spacial score (nSPS) is 11.9. The second kappa shape index (κ2) is 8.98. The summed E-state index contributed by atoms with van der Waals surface area (Å²) >= 11 is 0. The standard InChI is InChI=1S/C16H24N4O/c1-3-20(12-13(2)11-17)10-6-9-16(21)19-15-8-5-4-7-14(15)18/h4-5,7-8,13H,3,6,9-10,12,18H2,1-2H3,(H,19,21). The van der Waals surface area contributed by atoms with Gasteiger partial charge >= 0.3 is 0 Å². The number of carbonyl (C=O) groups excluding carboxylic acids is 1. The van der Waals surface area contributed by atoms with Gasteiger partial charge in [0.1, 0.15) is 0 Å². The lowest BCUT2D eigenvalue weighted by molar-refractivity contribution is -0.116. The van der Waals surface area contributed by atoms with Crippen molar-refractivity contribution in [1.29, 1.82) is 5.26 Å². The predicted molar refractivity (Wildman–Crippen MR) is 85.6 cm³/mol. The monoisotopic (exact) mass is 288 g/mol. The molecule has 1 atom stereocenters. The first kappa shape index (κ1) is 17.0. The van der Waals surface area contributed by atoms with Crippen molar-refractivity contribution in [3.63, 3.8) is 0 Å². The smallest absolute Gasteiger partial charge is 0.224 e. The lowest BCUT2D eigenvalue weighted by atomic mass is 10.2. The van der Waals surface area contributed by atoms with Crippen LogP contribution in [0.3, 0.4) is 0 Å². The number of nitrogens with zero attached hydrogens (tertiary/aromatic N) is 2. The third kappa shape index (κ3) is 6.28. The molecule has 1 rings (SSSR count). The van der Waals surface area contributed by atoms with Gasteiger partial charge in [-0.3, -0.25) is 4.79 Å². The van der Waals surface area contributed by atoms with Crippen LogP contribution in [0, 0.1) is 17.2 Å². The summed E-state index contributed by atoms with van der Waals surface area (Å²) in [5, 5.41) is 11.6. The van der Waals surface area contributed by atoms with Crippen molar-refractivity contribution in [2.45, 2.75) is 26.7 Å². The summed E-state index contributed by atoms with van der Waals surface area (Å²) in [5.41, 5.74) is 7.02. The van der Waals surface area contributed by atoms with Crippen molar-refractivity contribution in [3.05, 3.63) is 24.3 Å². The number of nitrogens with two attached hydrogens (primary N) is 1. The molecule has 0 aliphatic carbocycles. The molecule has 0 saturated heterocycles. The molecule has 1 aromatic carbocycles. The lowest BCUT2D eigenvalue weighted by Crippen LogP contribution is -2.29. The van der Waals surface area contributed by atoms with Gasteiger partial charge in [0.25, 0.3) is 0 Å². The maximum absolute atomic E-state index is 11.9. The van der Waals surface area contributed by atoms with E-state index in [2.05, 4.69) is 23.2 Å². The number of hydrogen-bond acceptors (Lipinski definition) is 4. The Morgan fingerprint density at radius 1 is 1.48 bits per heavy atom. The molecule has 0 aliphatic rings. The zero-order valence-corrected chi connectivity index (χ0v) is 12.8. The van der Waals surface area contributed by atoms with E-state index in [1.807, 2.05) is 19.1 Å². The number of nitrogen functional groups attached to an aromatic ring is 1. The minimum absolute atomic E-state index is 0.0166. The van der Waals surface area contributed by atoms with Gasteiger partial charge in [0.05, 0.1) is 23.4 Å². The van der Waals surface area contributed by atoms with Crippen LogP contribution < -0.4 is 11.1 Å². The first-order valence-corrected chi connectivity index (χ1v) is 7.33. The van der Waals surface area contributed by atoms with E-state index in [-0.39, 0.29) is 11.8 Å². The lowest BCUT2D eigenvalue weighted by Gasteiger charge is -2.21. The maximum Gasteiger partial charge on any atom is 0.224 e. The third-order valence-corrected chi connectivity index (χ3v) is 3.31. The van der Waals surface area contributed by atoms with Gasteiger partial charge in [-0.05, 0) is 38.6 Å². The molecule has 1 unspecified atom stereocenters. The molecule has 0 radical (unpaired) electrons. The molecule has 1 amide bonds. The van der Waals surface area contributed by atoms with Crippen molar-refractivity contribution in [1.82, 2.24) is 4.90 Å². The van der Waals surface area contributed by atoms with Crippen LogP contribution in [-0.2, 0) is 4.79 Å². The van der Waals surface area contributed by atoms with Crippen molar-refractivity contribution in [2.75, 3.05) is 30.7 Å². The van der Waals surface area contributed by atoms with Crippen LogP contribution in [0.4, 0.5) is 11.4 Å². The number of nitriles is 1. The molecule has 0 aliphatic heterocycles. The molecule has 0 aromatic heterocycles. The summed E-state index contributed by atoms with van der Waals surface area (Å²) < 4.78 is 0. The zero-order chi connectivity index (χ0) is 15.7. The number of nitrogens with one attached hydrogen (secondary N) is 1. The van der Waals surface area contributed by atoms with Crippen LogP contribution in [0.1, 0.15) is 26.7 Å². The quantitative estimate of drug-likeness (QED) is 0.720. The van der Waals surface area contributed by atoms with Gasteiger partial charge in [-0.15, -0.1) is 0 Å². The van der Waals surface area contributed by atoms with Crippen LogP contribution in [-0.4, -0.2) is 30.4 Å². The molecule has 5 nitrogen and oxygen atoms in total. The summed E-state index contributed by atoms with van der Waals surface area (Å²) in [5.74, 6) is -0.0137. The summed E-state index contributed by atoms with van der Waals surface area (Å²) in [7, 11) is 0. The molecular formula is C16H24N4O. The number of carbonyl (C=O) groups is 1. The number of amides is 1. The fraction of sp³-hybridized carbons (Fsp3) is 0.500. The van der Waals surface area contributed by atoms with Gasteiger partial charge in [-0.2, -0.15) is 5.26 Å². The van der Waals surface area contributed by atoms with Crippen LogP contribution >= 0.6 is 0 Å². The Morgan fingerprint density at radius 2 is 2.19 bits per heavy atom. The predicted octanol–water partition coefficient (Wildman–Crippen LogP) is 2.47. The summed E-state index contributed by atoms with van der Waals surface area (Å²) in [6.07, 6.45) is 1.22. The largest absolute Gasteiger partial charge is 0.397 e. The van der Waals surface area contributed by atoms with Gasteiger partial charge < -0.3 is 16.0 Å². The summed E-state index contributed by atoms with van der Waals surface area (Å²) in [4.78, 5) is 14.1. The Bertz CT molecular complexity index is 495. The van der Waals surface area contributed by atoms with Crippen LogP contribution in [0.25, 0.3) is 0 Å². The van der Waals surface area contributed by atoms with Crippen molar-refractivity contribution >= 4 is 17.3 Å². The van der Waals surface area contributed by atoms with E-state index >= 15 is 0 Å². The van der Waals surface area contributed by atoms with Crippen molar-refractivity contribution in [3.8, 4) is 6.07 Å². The van der Waals surface area contributed by atoms with Gasteiger partial charge in [0.2, 0.25) is 5.91 Å². The SMILES string of the molecule is CCN(CCCC(=O)Nc1ccccc1N)CC(C)C#N. The van der Waals surface area contributed by atoms with Crippen molar-refractivity contribution in [2.24, 2.45) is 5.92 Å². The zero-order valence-electron chi connectivity index (χ0n) is 12.8.